The van der Waals surface area contributed by atoms with E-state index in [2.05, 4.69) is 20.5 Å². The van der Waals surface area contributed by atoms with Gasteiger partial charge in [-0.1, -0.05) is 12.8 Å². The summed E-state index contributed by atoms with van der Waals surface area (Å²) in [7, 11) is 1.41. The molecule has 1 fully saturated rings. The number of anilines is 1. The maximum Gasteiger partial charge on any atom is 0.336 e. The molecule has 8 nitrogen and oxygen atoms in total. The fourth-order valence-corrected chi connectivity index (χ4v) is 2.34. The second-order valence-corrected chi connectivity index (χ2v) is 4.50. The maximum absolute atomic E-state index is 12.1. The Balaban J connectivity index is 2.03. The number of carboxylic acids is 1. The van der Waals surface area contributed by atoms with Crippen LogP contribution in [-0.2, 0) is 9.59 Å². The average Bonchev–Trinajstić information content (AvgIpc) is 2.86. The molecule has 1 aliphatic rings. The second kappa shape index (κ2) is 5.68. The van der Waals surface area contributed by atoms with Gasteiger partial charge in [0, 0.05) is 0 Å². The quantitative estimate of drug-likeness (QED) is 0.737. The highest BCUT2D eigenvalue weighted by Gasteiger charge is 2.36. The standard InChI is InChI=1S/C11H16N4O4/c1-19-11-13-10(14-15-11)12-8(16)6-4-2-3-5-7(6)9(17)18/h6-7H,2-5H2,1H3,(H,17,18)(H2,12,13,14,15,16). The molecule has 8 heteroatoms. The van der Waals surface area contributed by atoms with Gasteiger partial charge in [0.25, 0.3) is 0 Å². The summed E-state index contributed by atoms with van der Waals surface area (Å²) in [5.74, 6) is -2.25. The Hall–Kier alpha value is -2.12. The monoisotopic (exact) mass is 268 g/mol. The number of amides is 1. The van der Waals surface area contributed by atoms with Crippen LogP contribution >= 0.6 is 0 Å². The average molecular weight is 268 g/mol. The minimum absolute atomic E-state index is 0.119. The van der Waals surface area contributed by atoms with Crippen LogP contribution in [0.5, 0.6) is 6.01 Å². The molecule has 1 saturated carbocycles. The van der Waals surface area contributed by atoms with Gasteiger partial charge >= 0.3 is 12.0 Å². The molecule has 0 aliphatic heterocycles. The second-order valence-electron chi connectivity index (χ2n) is 4.50. The normalized spacial score (nSPS) is 22.8. The molecule has 1 heterocycles. The Bertz CT molecular complexity index is 473. The largest absolute Gasteiger partial charge is 0.481 e. The number of hydrogen-bond donors (Lipinski definition) is 3. The van der Waals surface area contributed by atoms with Crippen LogP contribution in [0.25, 0.3) is 0 Å². The first-order valence-corrected chi connectivity index (χ1v) is 6.12. The Labute approximate surface area is 109 Å². The first-order valence-electron chi connectivity index (χ1n) is 6.12. The number of aromatic nitrogens is 3. The summed E-state index contributed by atoms with van der Waals surface area (Å²) in [6.45, 7) is 0. The molecule has 0 aromatic carbocycles. The minimum Gasteiger partial charge on any atom is -0.481 e. The summed E-state index contributed by atoms with van der Waals surface area (Å²) >= 11 is 0. The lowest BCUT2D eigenvalue weighted by atomic mass is 9.79. The van der Waals surface area contributed by atoms with Crippen molar-refractivity contribution >= 4 is 17.8 Å². The number of H-pyrrole nitrogens is 1. The van der Waals surface area contributed by atoms with Gasteiger partial charge in [-0.15, -0.1) is 5.10 Å². The van der Waals surface area contributed by atoms with Crippen molar-refractivity contribution in [2.24, 2.45) is 11.8 Å². The topological polar surface area (TPSA) is 117 Å². The van der Waals surface area contributed by atoms with Crippen molar-refractivity contribution in [2.75, 3.05) is 12.4 Å². The van der Waals surface area contributed by atoms with E-state index in [0.29, 0.717) is 12.8 Å². The summed E-state index contributed by atoms with van der Waals surface area (Å²) in [5.41, 5.74) is 0. The van der Waals surface area contributed by atoms with Crippen LogP contribution in [0.4, 0.5) is 5.95 Å². The first-order chi connectivity index (χ1) is 9.11. The number of carbonyl (C=O) groups excluding carboxylic acids is 1. The van der Waals surface area contributed by atoms with Crippen LogP contribution in [0.2, 0.25) is 0 Å². The van der Waals surface area contributed by atoms with E-state index in [0.717, 1.165) is 12.8 Å². The van der Waals surface area contributed by atoms with E-state index < -0.39 is 17.8 Å². The van der Waals surface area contributed by atoms with Crippen LogP contribution in [0.1, 0.15) is 25.7 Å². The zero-order valence-corrected chi connectivity index (χ0v) is 10.5. The van der Waals surface area contributed by atoms with Crippen molar-refractivity contribution in [1.29, 1.82) is 0 Å². The van der Waals surface area contributed by atoms with E-state index in [-0.39, 0.29) is 17.9 Å². The van der Waals surface area contributed by atoms with Crippen LogP contribution in [0, 0.1) is 11.8 Å². The number of carbonyl (C=O) groups is 2. The number of nitrogens with one attached hydrogen (secondary N) is 2. The SMILES string of the molecule is COc1n[nH]c(NC(=O)C2CCCCC2C(=O)O)n1. The predicted molar refractivity (Wildman–Crippen MR) is 64.6 cm³/mol. The summed E-state index contributed by atoms with van der Waals surface area (Å²) in [6.07, 6.45) is 2.82. The number of carboxylic acid groups (broad SMARTS) is 1. The third-order valence-electron chi connectivity index (χ3n) is 3.31. The van der Waals surface area contributed by atoms with Gasteiger partial charge in [0.1, 0.15) is 0 Å². The first kappa shape index (κ1) is 13.3. The van der Waals surface area contributed by atoms with Crippen molar-refractivity contribution in [2.45, 2.75) is 25.7 Å². The van der Waals surface area contributed by atoms with Gasteiger partial charge in [0.2, 0.25) is 11.9 Å². The number of aliphatic carboxylic acids is 1. The Morgan fingerprint density at radius 1 is 1.37 bits per heavy atom. The molecule has 1 aromatic heterocycles. The minimum atomic E-state index is -0.921. The molecule has 0 saturated heterocycles. The van der Waals surface area contributed by atoms with E-state index in [4.69, 9.17) is 9.84 Å². The Morgan fingerprint density at radius 2 is 2.05 bits per heavy atom. The Kier molecular flexibility index (Phi) is 3.98. The van der Waals surface area contributed by atoms with Gasteiger partial charge in [0.05, 0.1) is 18.9 Å². The zero-order chi connectivity index (χ0) is 13.8. The molecule has 1 amide bonds. The van der Waals surface area contributed by atoms with Gasteiger partial charge in [-0.25, -0.2) is 5.10 Å². The van der Waals surface area contributed by atoms with Crippen LogP contribution in [-0.4, -0.2) is 39.3 Å². The molecule has 0 bridgehead atoms. The lowest BCUT2D eigenvalue weighted by molar-refractivity contribution is -0.147. The van der Waals surface area contributed by atoms with E-state index >= 15 is 0 Å². The van der Waals surface area contributed by atoms with E-state index in [1.54, 1.807) is 0 Å². The zero-order valence-electron chi connectivity index (χ0n) is 10.5. The molecule has 0 radical (unpaired) electrons. The predicted octanol–water partition coefficient (Wildman–Crippen LogP) is 0.643. The summed E-state index contributed by atoms with van der Waals surface area (Å²) in [6, 6.07) is 0.119. The number of rotatable bonds is 4. The molecule has 1 aliphatic carbocycles. The highest BCUT2D eigenvalue weighted by Crippen LogP contribution is 2.31. The number of ether oxygens (including phenoxy) is 1. The molecule has 19 heavy (non-hydrogen) atoms. The van der Waals surface area contributed by atoms with E-state index in [1.807, 2.05) is 0 Å². The Morgan fingerprint density at radius 3 is 2.63 bits per heavy atom. The number of methoxy groups -OCH3 is 1. The molecule has 104 valence electrons. The van der Waals surface area contributed by atoms with Gasteiger partial charge in [-0.3, -0.25) is 14.9 Å². The number of hydrogen-bond acceptors (Lipinski definition) is 5. The summed E-state index contributed by atoms with van der Waals surface area (Å²) in [5, 5.41) is 17.9. The highest BCUT2D eigenvalue weighted by molar-refractivity contribution is 5.93. The lowest BCUT2D eigenvalue weighted by Gasteiger charge is -2.26. The highest BCUT2D eigenvalue weighted by atomic mass is 16.5. The maximum atomic E-state index is 12.1. The molecular formula is C11H16N4O4. The smallest absolute Gasteiger partial charge is 0.336 e. The van der Waals surface area contributed by atoms with Gasteiger partial charge in [-0.2, -0.15) is 4.98 Å². The van der Waals surface area contributed by atoms with Crippen LogP contribution < -0.4 is 10.1 Å². The molecule has 3 N–H and O–H groups in total. The van der Waals surface area contributed by atoms with Gasteiger partial charge in [0.15, 0.2) is 0 Å². The van der Waals surface area contributed by atoms with Gasteiger partial charge < -0.3 is 9.84 Å². The third kappa shape index (κ3) is 3.01. The number of nitrogens with zero attached hydrogens (tertiary/aromatic N) is 2. The number of aromatic amines is 1. The van der Waals surface area contributed by atoms with Gasteiger partial charge in [-0.05, 0) is 12.8 Å². The van der Waals surface area contributed by atoms with Crippen LogP contribution in [0.15, 0.2) is 0 Å². The van der Waals surface area contributed by atoms with Crippen molar-refractivity contribution < 1.29 is 19.4 Å². The summed E-state index contributed by atoms with van der Waals surface area (Å²) in [4.78, 5) is 27.1. The molecule has 2 unspecified atom stereocenters. The van der Waals surface area contributed by atoms with E-state index in [1.165, 1.54) is 7.11 Å². The van der Waals surface area contributed by atoms with Crippen molar-refractivity contribution in [3.8, 4) is 6.01 Å². The van der Waals surface area contributed by atoms with E-state index in [9.17, 15) is 9.59 Å². The third-order valence-corrected chi connectivity index (χ3v) is 3.31. The fourth-order valence-electron chi connectivity index (χ4n) is 2.34. The summed E-state index contributed by atoms with van der Waals surface area (Å²) < 4.78 is 4.78. The fraction of sp³-hybridized carbons (Fsp3) is 0.636. The van der Waals surface area contributed by atoms with Crippen molar-refractivity contribution in [3.63, 3.8) is 0 Å². The lowest BCUT2D eigenvalue weighted by Crippen LogP contribution is -2.36. The molecule has 2 atom stereocenters. The molecule has 1 aromatic rings. The molecule has 0 spiro atoms. The van der Waals surface area contributed by atoms with Crippen molar-refractivity contribution in [1.82, 2.24) is 15.2 Å². The molecular weight excluding hydrogens is 252 g/mol. The van der Waals surface area contributed by atoms with Crippen LogP contribution in [0.3, 0.4) is 0 Å². The van der Waals surface area contributed by atoms with Crippen molar-refractivity contribution in [3.05, 3.63) is 0 Å². The molecule has 2 rings (SSSR count).